The van der Waals surface area contributed by atoms with Crippen molar-refractivity contribution >= 4 is 11.3 Å². The third kappa shape index (κ3) is 3.54. The summed E-state index contributed by atoms with van der Waals surface area (Å²) in [5.74, 6) is 0.641. The number of likely N-dealkylation sites (N-methyl/N-ethyl adjacent to an activating group) is 1. The van der Waals surface area contributed by atoms with Crippen LogP contribution in [-0.4, -0.2) is 24.0 Å². The lowest BCUT2D eigenvalue weighted by Gasteiger charge is -2.37. The van der Waals surface area contributed by atoms with Crippen molar-refractivity contribution in [3.63, 3.8) is 0 Å². The third-order valence-electron chi connectivity index (χ3n) is 3.60. The first-order valence-corrected chi connectivity index (χ1v) is 7.20. The molecule has 0 aliphatic rings. The van der Waals surface area contributed by atoms with E-state index >= 15 is 0 Å². The summed E-state index contributed by atoms with van der Waals surface area (Å²) in [4.78, 5) is 5.16. The fourth-order valence-corrected chi connectivity index (χ4v) is 3.31. The first-order valence-electron chi connectivity index (χ1n) is 6.38. The van der Waals surface area contributed by atoms with E-state index in [4.69, 9.17) is 5.73 Å². The molecule has 0 radical (unpaired) electrons. The van der Waals surface area contributed by atoms with Crippen LogP contribution in [0.1, 0.15) is 43.5 Å². The Labute approximate surface area is 110 Å². The van der Waals surface area contributed by atoms with Crippen molar-refractivity contribution in [2.75, 3.05) is 7.05 Å². The van der Waals surface area contributed by atoms with Crippen molar-refractivity contribution in [1.29, 1.82) is 0 Å². The summed E-state index contributed by atoms with van der Waals surface area (Å²) in [6, 6.07) is 5.42. The topological polar surface area (TPSA) is 29.3 Å². The number of nitrogens with two attached hydrogens (primary N) is 1. The number of aryl methyl sites for hydroxylation is 1. The molecule has 1 rings (SSSR count). The second kappa shape index (κ2) is 5.98. The maximum atomic E-state index is 6.18. The van der Waals surface area contributed by atoms with Gasteiger partial charge in [-0.1, -0.05) is 13.8 Å². The standard InChI is InChI=1S/C14H26N2S/c1-9(2)12(5)16(6)14(11(4)15)13-8-7-10(3)17-13/h7-9,11-12,14H,15H2,1-6H3. The Balaban J connectivity index is 2.94. The van der Waals surface area contributed by atoms with Gasteiger partial charge < -0.3 is 5.73 Å². The largest absolute Gasteiger partial charge is 0.326 e. The molecule has 3 atom stereocenters. The highest BCUT2D eigenvalue weighted by atomic mass is 32.1. The lowest BCUT2D eigenvalue weighted by molar-refractivity contribution is 0.135. The molecular weight excluding hydrogens is 228 g/mol. The Kier molecular flexibility index (Phi) is 5.17. The van der Waals surface area contributed by atoms with Crippen molar-refractivity contribution in [2.24, 2.45) is 11.7 Å². The number of hydrogen-bond donors (Lipinski definition) is 1. The van der Waals surface area contributed by atoms with Gasteiger partial charge in [0.05, 0.1) is 6.04 Å². The summed E-state index contributed by atoms with van der Waals surface area (Å²) in [5, 5.41) is 0. The lowest BCUT2D eigenvalue weighted by Crippen LogP contribution is -2.43. The van der Waals surface area contributed by atoms with Gasteiger partial charge in [-0.2, -0.15) is 0 Å². The van der Waals surface area contributed by atoms with Crippen LogP contribution in [0.5, 0.6) is 0 Å². The minimum absolute atomic E-state index is 0.152. The second-order valence-electron chi connectivity index (χ2n) is 5.40. The van der Waals surface area contributed by atoms with Crippen LogP contribution in [0.3, 0.4) is 0 Å². The summed E-state index contributed by atoms with van der Waals surface area (Å²) in [6.07, 6.45) is 0. The van der Waals surface area contributed by atoms with E-state index in [9.17, 15) is 0 Å². The molecule has 3 unspecified atom stereocenters. The summed E-state index contributed by atoms with van der Waals surface area (Å²) in [7, 11) is 2.19. The summed E-state index contributed by atoms with van der Waals surface area (Å²) in [5.41, 5.74) is 6.18. The molecule has 2 N–H and O–H groups in total. The quantitative estimate of drug-likeness (QED) is 0.872. The Morgan fingerprint density at radius 1 is 1.18 bits per heavy atom. The Morgan fingerprint density at radius 2 is 1.76 bits per heavy atom. The van der Waals surface area contributed by atoms with E-state index in [1.54, 1.807) is 0 Å². The zero-order chi connectivity index (χ0) is 13.2. The molecule has 0 spiro atoms. The fourth-order valence-electron chi connectivity index (χ4n) is 2.17. The van der Waals surface area contributed by atoms with Gasteiger partial charge in [0.25, 0.3) is 0 Å². The Bertz CT molecular complexity index is 344. The van der Waals surface area contributed by atoms with Gasteiger partial charge in [-0.05, 0) is 45.9 Å². The molecule has 0 saturated carbocycles. The molecule has 1 aromatic rings. The van der Waals surface area contributed by atoms with Crippen LogP contribution in [0.4, 0.5) is 0 Å². The van der Waals surface area contributed by atoms with Gasteiger partial charge in [-0.25, -0.2) is 0 Å². The van der Waals surface area contributed by atoms with Crippen LogP contribution in [0, 0.1) is 12.8 Å². The predicted octanol–water partition coefficient (Wildman–Crippen LogP) is 3.42. The van der Waals surface area contributed by atoms with E-state index in [2.05, 4.69) is 58.7 Å². The van der Waals surface area contributed by atoms with E-state index < -0.39 is 0 Å². The van der Waals surface area contributed by atoms with Crippen LogP contribution < -0.4 is 5.73 Å². The molecule has 1 heterocycles. The van der Waals surface area contributed by atoms with E-state index in [0.29, 0.717) is 18.0 Å². The van der Waals surface area contributed by atoms with Crippen molar-refractivity contribution < 1.29 is 0 Å². The SMILES string of the molecule is Cc1ccc(C(C(C)N)N(C)C(C)C(C)C)s1. The smallest absolute Gasteiger partial charge is 0.0590 e. The van der Waals surface area contributed by atoms with Crippen LogP contribution in [0.25, 0.3) is 0 Å². The normalized spacial score (nSPS) is 17.5. The molecule has 0 aliphatic heterocycles. The number of rotatable bonds is 5. The number of thiophene rings is 1. The average Bonchev–Trinajstić information content (AvgIpc) is 2.62. The first kappa shape index (κ1) is 14.7. The first-order chi connectivity index (χ1) is 7.84. The minimum Gasteiger partial charge on any atom is -0.326 e. The highest BCUT2D eigenvalue weighted by molar-refractivity contribution is 7.12. The summed E-state index contributed by atoms with van der Waals surface area (Å²) < 4.78 is 0. The molecule has 0 aromatic carbocycles. The monoisotopic (exact) mass is 254 g/mol. The van der Waals surface area contributed by atoms with Crippen molar-refractivity contribution in [1.82, 2.24) is 4.90 Å². The summed E-state index contributed by atoms with van der Waals surface area (Å²) >= 11 is 1.86. The number of nitrogens with zero attached hydrogens (tertiary/aromatic N) is 1. The molecule has 98 valence electrons. The van der Waals surface area contributed by atoms with Gasteiger partial charge in [0.2, 0.25) is 0 Å². The van der Waals surface area contributed by atoms with Crippen LogP contribution >= 0.6 is 11.3 Å². The van der Waals surface area contributed by atoms with Crippen LogP contribution in [0.15, 0.2) is 12.1 Å². The zero-order valence-corrected chi connectivity index (χ0v) is 12.7. The van der Waals surface area contributed by atoms with Gasteiger partial charge in [0.1, 0.15) is 0 Å². The molecule has 0 fully saturated rings. The third-order valence-corrected chi connectivity index (χ3v) is 4.67. The number of hydrogen-bond acceptors (Lipinski definition) is 3. The lowest BCUT2D eigenvalue weighted by atomic mass is 10.00. The average molecular weight is 254 g/mol. The van der Waals surface area contributed by atoms with E-state index in [1.165, 1.54) is 9.75 Å². The second-order valence-corrected chi connectivity index (χ2v) is 6.72. The zero-order valence-electron chi connectivity index (χ0n) is 11.9. The van der Waals surface area contributed by atoms with E-state index in [1.807, 2.05) is 11.3 Å². The highest BCUT2D eigenvalue weighted by Crippen LogP contribution is 2.31. The van der Waals surface area contributed by atoms with Gasteiger partial charge in [0, 0.05) is 21.8 Å². The molecule has 1 aromatic heterocycles. The highest BCUT2D eigenvalue weighted by Gasteiger charge is 2.27. The Hall–Kier alpha value is -0.380. The maximum Gasteiger partial charge on any atom is 0.0590 e. The van der Waals surface area contributed by atoms with Crippen LogP contribution in [0.2, 0.25) is 0 Å². The molecule has 3 heteroatoms. The van der Waals surface area contributed by atoms with Gasteiger partial charge in [-0.3, -0.25) is 4.90 Å². The maximum absolute atomic E-state index is 6.18. The minimum atomic E-state index is 0.152. The molecule has 2 nitrogen and oxygen atoms in total. The summed E-state index contributed by atoms with van der Waals surface area (Å²) in [6.45, 7) is 11.1. The van der Waals surface area contributed by atoms with Crippen molar-refractivity contribution in [3.05, 3.63) is 21.9 Å². The Morgan fingerprint density at radius 3 is 2.12 bits per heavy atom. The molecule has 17 heavy (non-hydrogen) atoms. The molecule has 0 saturated heterocycles. The van der Waals surface area contributed by atoms with Gasteiger partial charge in [0.15, 0.2) is 0 Å². The van der Waals surface area contributed by atoms with Gasteiger partial charge >= 0.3 is 0 Å². The molecule has 0 amide bonds. The van der Waals surface area contributed by atoms with E-state index in [0.717, 1.165) is 0 Å². The van der Waals surface area contributed by atoms with Crippen molar-refractivity contribution in [2.45, 2.75) is 52.7 Å². The van der Waals surface area contributed by atoms with Crippen molar-refractivity contribution in [3.8, 4) is 0 Å². The molecule has 0 bridgehead atoms. The predicted molar refractivity (Wildman–Crippen MR) is 77.5 cm³/mol. The van der Waals surface area contributed by atoms with E-state index in [-0.39, 0.29) is 6.04 Å². The fraction of sp³-hybridized carbons (Fsp3) is 0.714. The van der Waals surface area contributed by atoms with Gasteiger partial charge in [-0.15, -0.1) is 11.3 Å². The molecule has 0 aliphatic carbocycles. The molecular formula is C14H26N2S. The van der Waals surface area contributed by atoms with Crippen LogP contribution in [-0.2, 0) is 0 Å².